The summed E-state index contributed by atoms with van der Waals surface area (Å²) in [4.78, 5) is 18.0. The Hall–Kier alpha value is -0.850. The van der Waals surface area contributed by atoms with Gasteiger partial charge in [0, 0.05) is 39.8 Å². The van der Waals surface area contributed by atoms with Crippen LogP contribution >= 0.6 is 0 Å². The van der Waals surface area contributed by atoms with Crippen LogP contribution < -0.4 is 0 Å². The molecule has 2 aliphatic rings. The van der Waals surface area contributed by atoms with Crippen molar-refractivity contribution >= 4 is 6.03 Å². The lowest BCUT2D eigenvalue weighted by atomic mass is 10.0. The third-order valence-corrected chi connectivity index (χ3v) is 4.01. The zero-order valence-corrected chi connectivity index (χ0v) is 13.1. The first kappa shape index (κ1) is 15.5. The number of ether oxygens (including phenoxy) is 2. The summed E-state index contributed by atoms with van der Waals surface area (Å²) in [5, 5.41) is 0. The number of rotatable bonds is 1. The summed E-state index contributed by atoms with van der Waals surface area (Å²) >= 11 is 0. The lowest BCUT2D eigenvalue weighted by Gasteiger charge is -2.44. The molecule has 2 rings (SSSR count). The van der Waals surface area contributed by atoms with Gasteiger partial charge in [-0.2, -0.15) is 0 Å². The third-order valence-electron chi connectivity index (χ3n) is 4.01. The molecule has 0 aromatic rings. The number of carbonyl (C=O) groups excluding carboxylic acids is 1. The van der Waals surface area contributed by atoms with Gasteiger partial charge in [-0.25, -0.2) is 4.79 Å². The molecule has 1 spiro atoms. The Morgan fingerprint density at radius 2 is 1.95 bits per heavy atom. The molecule has 0 bridgehead atoms. The van der Waals surface area contributed by atoms with Crippen LogP contribution in [0.25, 0.3) is 0 Å². The fraction of sp³-hybridized carbons (Fsp3) is 0.929. The van der Waals surface area contributed by atoms with E-state index < -0.39 is 0 Å². The molecule has 0 aliphatic carbocycles. The van der Waals surface area contributed by atoms with Gasteiger partial charge in [0.25, 0.3) is 0 Å². The maximum absolute atomic E-state index is 12.2. The van der Waals surface area contributed by atoms with Gasteiger partial charge in [-0.1, -0.05) is 0 Å². The van der Waals surface area contributed by atoms with E-state index in [2.05, 4.69) is 18.7 Å². The minimum Gasteiger partial charge on any atom is -0.377 e. The molecule has 2 saturated heterocycles. The van der Waals surface area contributed by atoms with E-state index in [1.165, 1.54) is 0 Å². The third kappa shape index (κ3) is 3.42. The largest absolute Gasteiger partial charge is 0.377 e. The summed E-state index contributed by atoms with van der Waals surface area (Å²) in [5.74, 6) is 0. The van der Waals surface area contributed by atoms with Gasteiger partial charge in [-0.05, 0) is 13.8 Å². The van der Waals surface area contributed by atoms with Crippen LogP contribution in [0.4, 0.5) is 4.79 Å². The minimum absolute atomic E-state index is 0.0491. The minimum atomic E-state index is -0.384. The van der Waals surface area contributed by atoms with Gasteiger partial charge in [0.15, 0.2) is 0 Å². The van der Waals surface area contributed by atoms with Gasteiger partial charge in [0.1, 0.15) is 5.60 Å². The van der Waals surface area contributed by atoms with Crippen LogP contribution in [-0.4, -0.2) is 92.5 Å². The molecular formula is C14H27N3O3. The quantitative estimate of drug-likeness (QED) is 0.703. The van der Waals surface area contributed by atoms with Crippen LogP contribution in [0.2, 0.25) is 0 Å². The van der Waals surface area contributed by atoms with Gasteiger partial charge in [-0.15, -0.1) is 0 Å². The van der Waals surface area contributed by atoms with Crippen molar-refractivity contribution in [2.24, 2.45) is 0 Å². The van der Waals surface area contributed by atoms with Crippen LogP contribution in [0, 0.1) is 0 Å². The van der Waals surface area contributed by atoms with Crippen molar-refractivity contribution in [1.82, 2.24) is 14.7 Å². The average molecular weight is 285 g/mol. The number of morpholine rings is 1. The smallest absolute Gasteiger partial charge is 0.319 e. The Labute approximate surface area is 121 Å². The van der Waals surface area contributed by atoms with E-state index in [1.807, 2.05) is 4.90 Å². The van der Waals surface area contributed by atoms with Crippen LogP contribution in [-0.2, 0) is 9.47 Å². The lowest BCUT2D eigenvalue weighted by Crippen LogP contribution is -2.61. The predicted octanol–water partition coefficient (Wildman–Crippen LogP) is 0.480. The fourth-order valence-corrected chi connectivity index (χ4v) is 2.85. The lowest BCUT2D eigenvalue weighted by molar-refractivity contribution is -0.134. The molecule has 1 atom stereocenters. The van der Waals surface area contributed by atoms with E-state index in [-0.39, 0.29) is 11.6 Å². The highest BCUT2D eigenvalue weighted by Gasteiger charge is 2.42. The van der Waals surface area contributed by atoms with E-state index in [4.69, 9.17) is 9.47 Å². The summed E-state index contributed by atoms with van der Waals surface area (Å²) in [6, 6.07) is 0.505. The summed E-state index contributed by atoms with van der Waals surface area (Å²) in [5.41, 5.74) is -0.384. The topological polar surface area (TPSA) is 45.2 Å². The first-order chi connectivity index (χ1) is 9.43. The van der Waals surface area contributed by atoms with E-state index in [0.29, 0.717) is 32.3 Å². The SMILES string of the molecule is CC(C)N1CCOC[C@@]2(CN(C(=O)N(C)C)CCO2)C1. The molecule has 6 heteroatoms. The molecule has 0 N–H and O–H groups in total. The van der Waals surface area contributed by atoms with Gasteiger partial charge >= 0.3 is 6.03 Å². The standard InChI is InChI=1S/C14H27N3O3/c1-12(2)16-5-7-19-11-14(9-16)10-17(6-8-20-14)13(18)15(3)4/h12H,5-11H2,1-4H3/t14-/m0/s1. The van der Waals surface area contributed by atoms with E-state index in [0.717, 1.165) is 19.7 Å². The molecule has 2 amide bonds. The fourth-order valence-electron chi connectivity index (χ4n) is 2.85. The highest BCUT2D eigenvalue weighted by Crippen LogP contribution is 2.24. The van der Waals surface area contributed by atoms with Crippen LogP contribution in [0.5, 0.6) is 0 Å². The van der Waals surface area contributed by atoms with Crippen molar-refractivity contribution in [3.8, 4) is 0 Å². The predicted molar refractivity (Wildman–Crippen MR) is 76.9 cm³/mol. The summed E-state index contributed by atoms with van der Waals surface area (Å²) in [6.45, 7) is 9.24. The number of urea groups is 1. The Morgan fingerprint density at radius 3 is 2.60 bits per heavy atom. The highest BCUT2D eigenvalue weighted by atomic mass is 16.5. The number of amides is 2. The van der Waals surface area contributed by atoms with E-state index in [9.17, 15) is 4.79 Å². The second kappa shape index (κ2) is 6.28. The van der Waals surface area contributed by atoms with Crippen molar-refractivity contribution in [3.63, 3.8) is 0 Å². The van der Waals surface area contributed by atoms with Gasteiger partial charge in [0.2, 0.25) is 0 Å². The Balaban J connectivity index is 2.09. The number of hydrogen-bond acceptors (Lipinski definition) is 4. The molecule has 0 aromatic carbocycles. The van der Waals surface area contributed by atoms with Crippen molar-refractivity contribution < 1.29 is 14.3 Å². The molecule has 0 aromatic heterocycles. The van der Waals surface area contributed by atoms with E-state index >= 15 is 0 Å². The Bertz CT molecular complexity index is 349. The molecule has 2 fully saturated rings. The number of nitrogens with zero attached hydrogens (tertiary/aromatic N) is 3. The van der Waals surface area contributed by atoms with Crippen molar-refractivity contribution in [1.29, 1.82) is 0 Å². The Kier molecular flexibility index (Phi) is 4.88. The zero-order valence-electron chi connectivity index (χ0n) is 13.1. The molecule has 20 heavy (non-hydrogen) atoms. The first-order valence-electron chi connectivity index (χ1n) is 7.35. The number of hydrogen-bond donors (Lipinski definition) is 0. The molecular weight excluding hydrogens is 258 g/mol. The summed E-state index contributed by atoms with van der Waals surface area (Å²) in [7, 11) is 3.57. The average Bonchev–Trinajstić information content (AvgIpc) is 2.61. The summed E-state index contributed by atoms with van der Waals surface area (Å²) < 4.78 is 11.8. The highest BCUT2D eigenvalue weighted by molar-refractivity contribution is 5.74. The van der Waals surface area contributed by atoms with E-state index in [1.54, 1.807) is 19.0 Å². The second-order valence-corrected chi connectivity index (χ2v) is 6.25. The van der Waals surface area contributed by atoms with Gasteiger partial charge < -0.3 is 19.3 Å². The second-order valence-electron chi connectivity index (χ2n) is 6.25. The summed E-state index contributed by atoms with van der Waals surface area (Å²) in [6.07, 6.45) is 0. The number of carbonyl (C=O) groups is 1. The van der Waals surface area contributed by atoms with Crippen LogP contribution in [0.3, 0.4) is 0 Å². The molecule has 116 valence electrons. The molecule has 2 aliphatic heterocycles. The molecule has 0 unspecified atom stereocenters. The normalized spacial score (nSPS) is 28.8. The van der Waals surface area contributed by atoms with Crippen molar-refractivity contribution in [3.05, 3.63) is 0 Å². The first-order valence-corrected chi connectivity index (χ1v) is 7.35. The maximum Gasteiger partial charge on any atom is 0.319 e. The van der Waals surface area contributed by atoms with Gasteiger partial charge in [-0.3, -0.25) is 4.90 Å². The van der Waals surface area contributed by atoms with Crippen LogP contribution in [0.1, 0.15) is 13.8 Å². The maximum atomic E-state index is 12.2. The van der Waals surface area contributed by atoms with Crippen molar-refractivity contribution in [2.45, 2.75) is 25.5 Å². The molecule has 0 saturated carbocycles. The van der Waals surface area contributed by atoms with Gasteiger partial charge in [0.05, 0.1) is 26.4 Å². The molecule has 2 heterocycles. The Morgan fingerprint density at radius 1 is 1.20 bits per heavy atom. The zero-order chi connectivity index (χ0) is 14.8. The molecule has 6 nitrogen and oxygen atoms in total. The monoisotopic (exact) mass is 285 g/mol. The molecule has 0 radical (unpaired) electrons. The van der Waals surface area contributed by atoms with Crippen LogP contribution in [0.15, 0.2) is 0 Å². The van der Waals surface area contributed by atoms with Crippen molar-refractivity contribution in [2.75, 3.05) is 60.1 Å².